The average Bonchev–Trinajstić information content (AvgIpc) is 2.65. The third kappa shape index (κ3) is 2.64. The van der Waals surface area contributed by atoms with E-state index in [0.717, 1.165) is 34.4 Å². The first-order chi connectivity index (χ1) is 12.2. The number of methoxy groups -OCH3 is 2. The van der Waals surface area contributed by atoms with Crippen LogP contribution in [0.15, 0.2) is 48.8 Å². The minimum absolute atomic E-state index is 0.162. The molecule has 1 aromatic carbocycles. The monoisotopic (exact) mass is 399 g/mol. The van der Waals surface area contributed by atoms with Gasteiger partial charge < -0.3 is 0 Å². The molecule has 0 unspecified atom stereocenters. The summed E-state index contributed by atoms with van der Waals surface area (Å²) in [5.41, 5.74) is 1.90. The molecule has 0 N–H and O–H groups in total. The summed E-state index contributed by atoms with van der Waals surface area (Å²) in [6, 6.07) is 12.2. The van der Waals surface area contributed by atoms with Gasteiger partial charge in [0.15, 0.2) is 0 Å². The molecular formula is C19H17N3O2Se. The van der Waals surface area contributed by atoms with Gasteiger partial charge in [-0.2, -0.15) is 0 Å². The first kappa shape index (κ1) is 15.9. The van der Waals surface area contributed by atoms with Crippen LogP contribution in [0.25, 0.3) is 0 Å². The number of benzene rings is 1. The molecule has 6 heteroatoms. The van der Waals surface area contributed by atoms with Crippen LogP contribution in [0.3, 0.4) is 0 Å². The van der Waals surface area contributed by atoms with Gasteiger partial charge >= 0.3 is 153 Å². The van der Waals surface area contributed by atoms with Crippen LogP contribution in [0.5, 0.6) is 11.5 Å². The van der Waals surface area contributed by atoms with Crippen molar-refractivity contribution in [3.8, 4) is 11.5 Å². The van der Waals surface area contributed by atoms with Gasteiger partial charge in [-0.05, 0) is 0 Å². The summed E-state index contributed by atoms with van der Waals surface area (Å²) in [7, 11) is 3.34. The molecule has 126 valence electrons. The standard InChI is InChI=1S/C19H17N3O2Se/c1-12-10-13(23-2)17(14(11-12)24-3)22-18-15(6-4-8-20-18)25-16-7-5-9-21-19(16)22/h4-11H,1-3H3. The van der Waals surface area contributed by atoms with Gasteiger partial charge in [-0.25, -0.2) is 0 Å². The van der Waals surface area contributed by atoms with Gasteiger partial charge in [0, 0.05) is 0 Å². The van der Waals surface area contributed by atoms with E-state index in [1.54, 1.807) is 14.2 Å². The Morgan fingerprint density at radius 3 is 1.88 bits per heavy atom. The van der Waals surface area contributed by atoms with Crippen LogP contribution in [0, 0.1) is 6.92 Å². The second-order valence-corrected chi connectivity index (χ2v) is 7.88. The number of fused-ring (bicyclic) bond motifs is 2. The van der Waals surface area contributed by atoms with Gasteiger partial charge in [-0.15, -0.1) is 0 Å². The zero-order valence-corrected chi connectivity index (χ0v) is 15.9. The summed E-state index contributed by atoms with van der Waals surface area (Å²) in [5, 5.41) is 0. The summed E-state index contributed by atoms with van der Waals surface area (Å²) in [4.78, 5) is 11.3. The van der Waals surface area contributed by atoms with Crippen LogP contribution in [0.2, 0.25) is 0 Å². The van der Waals surface area contributed by atoms with Crippen LogP contribution >= 0.6 is 0 Å². The van der Waals surface area contributed by atoms with Crippen molar-refractivity contribution in [2.75, 3.05) is 19.1 Å². The van der Waals surface area contributed by atoms with Crippen LogP contribution in [-0.4, -0.2) is 39.1 Å². The number of hydrogen-bond donors (Lipinski definition) is 0. The van der Waals surface area contributed by atoms with Gasteiger partial charge in [-0.1, -0.05) is 0 Å². The number of aryl methyl sites for hydroxylation is 1. The van der Waals surface area contributed by atoms with Gasteiger partial charge in [0.1, 0.15) is 0 Å². The molecular weight excluding hydrogens is 381 g/mol. The Kier molecular flexibility index (Phi) is 4.07. The van der Waals surface area contributed by atoms with Crippen molar-refractivity contribution in [1.29, 1.82) is 0 Å². The number of rotatable bonds is 3. The van der Waals surface area contributed by atoms with Crippen molar-refractivity contribution in [3.63, 3.8) is 0 Å². The van der Waals surface area contributed by atoms with Crippen molar-refractivity contribution >= 4 is 41.2 Å². The van der Waals surface area contributed by atoms with E-state index in [-0.39, 0.29) is 15.0 Å². The fourth-order valence-corrected chi connectivity index (χ4v) is 5.03. The topological polar surface area (TPSA) is 47.5 Å². The predicted octanol–water partition coefficient (Wildman–Crippen LogP) is 2.24. The van der Waals surface area contributed by atoms with E-state index < -0.39 is 0 Å². The van der Waals surface area contributed by atoms with Gasteiger partial charge in [0.25, 0.3) is 0 Å². The SMILES string of the molecule is COc1cc(C)cc(OC)c1N1c2ncccc2[Se]c2cccnc21. The van der Waals surface area contributed by atoms with Crippen molar-refractivity contribution in [2.45, 2.75) is 6.92 Å². The van der Waals surface area contributed by atoms with Crippen molar-refractivity contribution in [3.05, 3.63) is 54.4 Å². The summed E-state index contributed by atoms with van der Waals surface area (Å²) in [5.74, 6) is 3.24. The molecule has 1 aliphatic heterocycles. The van der Waals surface area contributed by atoms with E-state index >= 15 is 0 Å². The van der Waals surface area contributed by atoms with Crippen LogP contribution in [-0.2, 0) is 0 Å². The Morgan fingerprint density at radius 2 is 1.40 bits per heavy atom. The molecule has 0 amide bonds. The van der Waals surface area contributed by atoms with E-state index in [1.807, 2.05) is 48.5 Å². The number of pyridine rings is 2. The Hall–Kier alpha value is -2.56. The predicted molar refractivity (Wildman–Crippen MR) is 99.6 cm³/mol. The van der Waals surface area contributed by atoms with E-state index in [0.29, 0.717) is 0 Å². The molecule has 25 heavy (non-hydrogen) atoms. The molecule has 0 bridgehead atoms. The van der Waals surface area contributed by atoms with Crippen LogP contribution in [0.1, 0.15) is 5.56 Å². The molecule has 0 fully saturated rings. The number of hydrogen-bond acceptors (Lipinski definition) is 5. The Bertz CT molecular complexity index is 875. The van der Waals surface area contributed by atoms with E-state index in [1.165, 1.54) is 8.92 Å². The Balaban J connectivity index is 2.04. The molecule has 0 spiro atoms. The Labute approximate surface area is 152 Å². The van der Waals surface area contributed by atoms with Gasteiger partial charge in [0.2, 0.25) is 0 Å². The number of anilines is 3. The molecule has 1 aliphatic rings. The normalized spacial score (nSPS) is 12.4. The van der Waals surface area contributed by atoms with Crippen LogP contribution < -0.4 is 23.3 Å². The second-order valence-electron chi connectivity index (χ2n) is 5.61. The van der Waals surface area contributed by atoms with E-state index in [2.05, 4.69) is 22.1 Å². The van der Waals surface area contributed by atoms with Gasteiger partial charge in [-0.3, -0.25) is 0 Å². The summed E-state index contributed by atoms with van der Waals surface area (Å²) >= 11 is 0.162. The molecule has 0 saturated carbocycles. The van der Waals surface area contributed by atoms with Crippen molar-refractivity contribution < 1.29 is 9.47 Å². The summed E-state index contributed by atoms with van der Waals surface area (Å²) in [6.07, 6.45) is 3.62. The maximum absolute atomic E-state index is 5.68. The maximum atomic E-state index is 5.68. The molecule has 0 radical (unpaired) electrons. The third-order valence-electron chi connectivity index (χ3n) is 3.99. The molecule has 2 aromatic heterocycles. The first-order valence-corrected chi connectivity index (χ1v) is 9.55. The third-order valence-corrected chi connectivity index (χ3v) is 6.25. The molecule has 3 aromatic rings. The molecule has 5 nitrogen and oxygen atoms in total. The van der Waals surface area contributed by atoms with Crippen LogP contribution in [0.4, 0.5) is 17.3 Å². The second kappa shape index (κ2) is 6.39. The number of nitrogens with zero attached hydrogens (tertiary/aromatic N) is 3. The zero-order chi connectivity index (χ0) is 17.4. The van der Waals surface area contributed by atoms with E-state index in [4.69, 9.17) is 9.47 Å². The van der Waals surface area contributed by atoms with E-state index in [9.17, 15) is 0 Å². The fourth-order valence-electron chi connectivity index (χ4n) is 2.94. The quantitative estimate of drug-likeness (QED) is 0.496. The molecule has 0 aliphatic carbocycles. The number of aromatic nitrogens is 2. The van der Waals surface area contributed by atoms with Crippen molar-refractivity contribution in [2.24, 2.45) is 0 Å². The molecule has 4 rings (SSSR count). The zero-order valence-electron chi connectivity index (χ0n) is 14.2. The average molecular weight is 398 g/mol. The summed E-state index contributed by atoms with van der Waals surface area (Å²) < 4.78 is 13.8. The minimum atomic E-state index is 0.162. The van der Waals surface area contributed by atoms with Crippen molar-refractivity contribution in [1.82, 2.24) is 9.97 Å². The van der Waals surface area contributed by atoms with Gasteiger partial charge in [0.05, 0.1) is 0 Å². The summed E-state index contributed by atoms with van der Waals surface area (Å²) in [6.45, 7) is 2.02. The number of ether oxygens (including phenoxy) is 2. The molecule has 0 saturated heterocycles. The first-order valence-electron chi connectivity index (χ1n) is 7.83. The molecule has 0 atom stereocenters. The fraction of sp³-hybridized carbons (Fsp3) is 0.158. The Morgan fingerprint density at radius 1 is 0.880 bits per heavy atom. The molecule has 3 heterocycles.